The smallest absolute Gasteiger partial charge is 0.251 e. The van der Waals surface area contributed by atoms with Gasteiger partial charge >= 0.3 is 0 Å². The lowest BCUT2D eigenvalue weighted by Gasteiger charge is -2.30. The highest BCUT2D eigenvalue weighted by molar-refractivity contribution is 8.00. The summed E-state index contributed by atoms with van der Waals surface area (Å²) in [5, 5.41) is 2.98. The Balaban J connectivity index is 1.46. The predicted octanol–water partition coefficient (Wildman–Crippen LogP) is 4.62. The molecule has 3 aromatic rings. The third-order valence-electron chi connectivity index (χ3n) is 5.90. The van der Waals surface area contributed by atoms with Crippen LogP contribution in [0.1, 0.15) is 27.0 Å². The molecule has 4 rings (SSSR count). The van der Waals surface area contributed by atoms with E-state index in [1.807, 2.05) is 67.6 Å². The Labute approximate surface area is 204 Å². The molecule has 0 radical (unpaired) electrons. The summed E-state index contributed by atoms with van der Waals surface area (Å²) in [6.07, 6.45) is 0.658. The SMILES string of the molecule is COc1ccc(CCNC(=O)c2ccc3c(c2)N(Cc2ccccc2C)C(=O)CS3)cc1OC. The van der Waals surface area contributed by atoms with Crippen LogP contribution in [0, 0.1) is 6.92 Å². The van der Waals surface area contributed by atoms with Gasteiger partial charge in [0.05, 0.1) is 32.2 Å². The van der Waals surface area contributed by atoms with Crippen LogP contribution in [0.15, 0.2) is 65.6 Å². The van der Waals surface area contributed by atoms with E-state index < -0.39 is 0 Å². The number of methoxy groups -OCH3 is 2. The molecule has 0 atom stereocenters. The highest BCUT2D eigenvalue weighted by atomic mass is 32.2. The summed E-state index contributed by atoms with van der Waals surface area (Å²) >= 11 is 1.51. The number of anilines is 1. The fourth-order valence-corrected chi connectivity index (χ4v) is 4.85. The fourth-order valence-electron chi connectivity index (χ4n) is 3.93. The van der Waals surface area contributed by atoms with Gasteiger partial charge in [-0.05, 0) is 60.4 Å². The van der Waals surface area contributed by atoms with E-state index in [1.54, 1.807) is 19.1 Å². The number of ether oxygens (including phenoxy) is 2. The number of rotatable bonds is 8. The minimum Gasteiger partial charge on any atom is -0.493 e. The van der Waals surface area contributed by atoms with Gasteiger partial charge in [-0.15, -0.1) is 11.8 Å². The highest BCUT2D eigenvalue weighted by Crippen LogP contribution is 2.37. The average Bonchev–Trinajstić information content (AvgIpc) is 2.86. The van der Waals surface area contributed by atoms with E-state index in [9.17, 15) is 9.59 Å². The van der Waals surface area contributed by atoms with Gasteiger partial charge in [0.1, 0.15) is 0 Å². The van der Waals surface area contributed by atoms with Crippen LogP contribution in [-0.2, 0) is 17.8 Å². The number of carbonyl (C=O) groups is 2. The van der Waals surface area contributed by atoms with Crippen LogP contribution in [-0.4, -0.2) is 38.3 Å². The molecule has 0 aliphatic carbocycles. The van der Waals surface area contributed by atoms with Crippen molar-refractivity contribution in [3.8, 4) is 11.5 Å². The molecule has 1 N–H and O–H groups in total. The molecule has 2 amide bonds. The van der Waals surface area contributed by atoms with Gasteiger partial charge in [-0.3, -0.25) is 9.59 Å². The zero-order chi connectivity index (χ0) is 24.1. The second-order valence-corrected chi connectivity index (χ2v) is 9.09. The van der Waals surface area contributed by atoms with Crippen LogP contribution >= 0.6 is 11.8 Å². The molecule has 1 aliphatic heterocycles. The first-order valence-corrected chi connectivity index (χ1v) is 12.1. The Hall–Kier alpha value is -3.45. The highest BCUT2D eigenvalue weighted by Gasteiger charge is 2.26. The van der Waals surface area contributed by atoms with Gasteiger partial charge in [-0.1, -0.05) is 30.3 Å². The topological polar surface area (TPSA) is 67.9 Å². The van der Waals surface area contributed by atoms with Crippen molar-refractivity contribution < 1.29 is 19.1 Å². The van der Waals surface area contributed by atoms with Gasteiger partial charge in [0.15, 0.2) is 11.5 Å². The van der Waals surface area contributed by atoms with Crippen LogP contribution in [0.5, 0.6) is 11.5 Å². The number of carbonyl (C=O) groups excluding carboxylic acids is 2. The molecule has 176 valence electrons. The minimum atomic E-state index is -0.165. The van der Waals surface area contributed by atoms with Crippen molar-refractivity contribution in [2.45, 2.75) is 24.8 Å². The quantitative estimate of drug-likeness (QED) is 0.514. The number of hydrogen-bond acceptors (Lipinski definition) is 5. The van der Waals surface area contributed by atoms with Crippen LogP contribution in [0.2, 0.25) is 0 Å². The van der Waals surface area contributed by atoms with Crippen molar-refractivity contribution in [3.63, 3.8) is 0 Å². The van der Waals surface area contributed by atoms with Crippen LogP contribution in [0.3, 0.4) is 0 Å². The first-order chi connectivity index (χ1) is 16.5. The van der Waals surface area contributed by atoms with Gasteiger partial charge in [-0.25, -0.2) is 0 Å². The van der Waals surface area contributed by atoms with Crippen molar-refractivity contribution in [2.24, 2.45) is 0 Å². The van der Waals surface area contributed by atoms with Crippen LogP contribution in [0.25, 0.3) is 0 Å². The molecule has 0 fully saturated rings. The second kappa shape index (κ2) is 10.7. The number of thioether (sulfide) groups is 1. The van der Waals surface area contributed by atoms with E-state index in [-0.39, 0.29) is 11.8 Å². The van der Waals surface area contributed by atoms with Crippen molar-refractivity contribution >= 4 is 29.3 Å². The average molecular weight is 477 g/mol. The molecule has 0 saturated carbocycles. The van der Waals surface area contributed by atoms with Crippen molar-refractivity contribution in [1.82, 2.24) is 5.32 Å². The zero-order valence-corrected chi connectivity index (χ0v) is 20.4. The fraction of sp³-hybridized carbons (Fsp3) is 0.259. The first kappa shape index (κ1) is 23.7. The zero-order valence-electron chi connectivity index (χ0n) is 19.6. The number of nitrogens with zero attached hydrogens (tertiary/aromatic N) is 1. The maximum absolute atomic E-state index is 12.9. The molecule has 7 heteroatoms. The van der Waals surface area contributed by atoms with Crippen molar-refractivity contribution in [2.75, 3.05) is 31.4 Å². The maximum atomic E-state index is 12.9. The summed E-state index contributed by atoms with van der Waals surface area (Å²) in [5.41, 5.74) is 4.60. The number of benzene rings is 3. The van der Waals surface area contributed by atoms with E-state index in [0.717, 1.165) is 27.3 Å². The van der Waals surface area contributed by atoms with E-state index >= 15 is 0 Å². The van der Waals surface area contributed by atoms with E-state index in [0.29, 0.717) is 42.3 Å². The van der Waals surface area contributed by atoms with E-state index in [4.69, 9.17) is 9.47 Å². The van der Waals surface area contributed by atoms with Gasteiger partial charge in [0.2, 0.25) is 5.91 Å². The van der Waals surface area contributed by atoms with Crippen molar-refractivity contribution in [3.05, 3.63) is 82.9 Å². The number of aryl methyl sites for hydroxylation is 1. The predicted molar refractivity (Wildman–Crippen MR) is 135 cm³/mol. The molecule has 0 bridgehead atoms. The molecule has 34 heavy (non-hydrogen) atoms. The third-order valence-corrected chi connectivity index (χ3v) is 6.95. The molecule has 1 heterocycles. The van der Waals surface area contributed by atoms with Crippen LogP contribution < -0.4 is 19.7 Å². The molecule has 0 aromatic heterocycles. The number of hydrogen-bond donors (Lipinski definition) is 1. The summed E-state index contributed by atoms with van der Waals surface area (Å²) in [4.78, 5) is 28.4. The monoisotopic (exact) mass is 476 g/mol. The Kier molecular flexibility index (Phi) is 7.43. The molecule has 0 spiro atoms. The van der Waals surface area contributed by atoms with Gasteiger partial charge in [0, 0.05) is 17.0 Å². The Morgan fingerprint density at radius 3 is 2.59 bits per heavy atom. The summed E-state index contributed by atoms with van der Waals surface area (Å²) in [5.74, 6) is 1.62. The summed E-state index contributed by atoms with van der Waals surface area (Å²) < 4.78 is 10.6. The minimum absolute atomic E-state index is 0.0479. The van der Waals surface area contributed by atoms with Gasteiger partial charge in [0.25, 0.3) is 5.91 Å². The lowest BCUT2D eigenvalue weighted by atomic mass is 10.1. The summed E-state index contributed by atoms with van der Waals surface area (Å²) in [6, 6.07) is 19.4. The Morgan fingerprint density at radius 2 is 1.82 bits per heavy atom. The second-order valence-electron chi connectivity index (χ2n) is 8.07. The van der Waals surface area contributed by atoms with Crippen LogP contribution in [0.4, 0.5) is 5.69 Å². The largest absolute Gasteiger partial charge is 0.493 e. The maximum Gasteiger partial charge on any atom is 0.251 e. The molecule has 0 unspecified atom stereocenters. The van der Waals surface area contributed by atoms with Gasteiger partial charge < -0.3 is 19.7 Å². The normalized spacial score (nSPS) is 12.8. The van der Waals surface area contributed by atoms with Crippen molar-refractivity contribution in [1.29, 1.82) is 0 Å². The number of amides is 2. The summed E-state index contributed by atoms with van der Waals surface area (Å²) in [7, 11) is 3.20. The molecule has 6 nitrogen and oxygen atoms in total. The molecule has 3 aromatic carbocycles. The first-order valence-electron chi connectivity index (χ1n) is 11.1. The molecule has 0 saturated heterocycles. The van der Waals surface area contributed by atoms with Gasteiger partial charge in [-0.2, -0.15) is 0 Å². The molecular weight excluding hydrogens is 448 g/mol. The molecular formula is C27H28N2O4S. The lowest BCUT2D eigenvalue weighted by Crippen LogP contribution is -2.35. The van der Waals surface area contributed by atoms with E-state index in [2.05, 4.69) is 5.32 Å². The Morgan fingerprint density at radius 1 is 1.03 bits per heavy atom. The Bertz CT molecular complexity index is 1210. The lowest BCUT2D eigenvalue weighted by molar-refractivity contribution is -0.116. The number of fused-ring (bicyclic) bond motifs is 1. The summed E-state index contributed by atoms with van der Waals surface area (Å²) in [6.45, 7) is 3.01. The third kappa shape index (κ3) is 5.20. The number of nitrogens with one attached hydrogen (secondary N) is 1. The standard InChI is InChI=1S/C27H28N2O4S/c1-18-6-4-5-7-21(18)16-29-22-15-20(9-11-25(22)34-17-26(29)30)27(31)28-13-12-19-8-10-23(32-2)24(14-19)33-3/h4-11,14-15H,12-13,16-17H2,1-3H3,(H,28,31). The molecule has 1 aliphatic rings. The van der Waals surface area contributed by atoms with E-state index in [1.165, 1.54) is 11.8 Å².